The fourth-order valence-corrected chi connectivity index (χ4v) is 5.00. The van der Waals surface area contributed by atoms with Crippen LogP contribution in [0.2, 0.25) is 0 Å². The lowest BCUT2D eigenvalue weighted by molar-refractivity contribution is -0.192. The summed E-state index contributed by atoms with van der Waals surface area (Å²) >= 11 is 0. The molecule has 212 valence electrons. The summed E-state index contributed by atoms with van der Waals surface area (Å²) < 4.78 is 72.7. The van der Waals surface area contributed by atoms with Crippen LogP contribution in [-0.4, -0.2) is 54.8 Å². The van der Waals surface area contributed by atoms with Gasteiger partial charge in [-0.05, 0) is 62.2 Å². The highest BCUT2D eigenvalue weighted by Crippen LogP contribution is 2.23. The van der Waals surface area contributed by atoms with Crippen LogP contribution in [0, 0.1) is 24.1 Å². The van der Waals surface area contributed by atoms with Crippen molar-refractivity contribution in [3.63, 3.8) is 0 Å². The number of rotatable bonds is 6. The molecule has 0 amide bonds. The van der Waals surface area contributed by atoms with Gasteiger partial charge in [0.25, 0.3) is 0 Å². The lowest BCUT2D eigenvalue weighted by Gasteiger charge is -2.33. The molecule has 0 spiro atoms. The van der Waals surface area contributed by atoms with Crippen LogP contribution in [0.3, 0.4) is 0 Å². The minimum absolute atomic E-state index is 0.0499. The van der Waals surface area contributed by atoms with E-state index in [2.05, 4.69) is 31.0 Å². The monoisotopic (exact) mass is 580 g/mol. The Labute approximate surface area is 227 Å². The number of carboxylic acid groups (broad SMARTS) is 1. The van der Waals surface area contributed by atoms with E-state index >= 15 is 0 Å². The average Bonchev–Trinajstić information content (AvgIpc) is 2.89. The van der Waals surface area contributed by atoms with Gasteiger partial charge in [0.1, 0.15) is 11.6 Å². The van der Waals surface area contributed by atoms with E-state index < -0.39 is 28.0 Å². The van der Waals surface area contributed by atoms with Crippen molar-refractivity contribution in [1.29, 1.82) is 5.26 Å². The van der Waals surface area contributed by atoms with Crippen molar-refractivity contribution in [2.24, 2.45) is 0 Å². The molecule has 0 atom stereocenters. The predicted molar refractivity (Wildman–Crippen MR) is 137 cm³/mol. The summed E-state index contributed by atoms with van der Waals surface area (Å²) in [6, 6.07) is 15.6. The molecule has 1 fully saturated rings. The fraction of sp³-hybridized carbons (Fsp3) is 0.280. The SMILES string of the molecule is Cc1cc(N2CCC(NS(=O)(=O)c3ccc(F)cc3)CC2)nc(Nc2cccc(C#N)c2)n1.O=C(O)C(F)(F)F. The third kappa shape index (κ3) is 8.61. The maximum absolute atomic E-state index is 13.1. The van der Waals surface area contributed by atoms with Gasteiger partial charge >= 0.3 is 12.1 Å². The second-order valence-electron chi connectivity index (χ2n) is 8.65. The van der Waals surface area contributed by atoms with Crippen LogP contribution in [-0.2, 0) is 14.8 Å². The van der Waals surface area contributed by atoms with Crippen molar-refractivity contribution >= 4 is 33.4 Å². The van der Waals surface area contributed by atoms with E-state index in [0.29, 0.717) is 37.4 Å². The van der Waals surface area contributed by atoms with Crippen LogP contribution >= 0.6 is 0 Å². The maximum Gasteiger partial charge on any atom is 0.490 e. The number of nitrogens with one attached hydrogen (secondary N) is 2. The number of carboxylic acids is 1. The number of benzene rings is 2. The molecule has 1 saturated heterocycles. The van der Waals surface area contributed by atoms with Gasteiger partial charge in [0.05, 0.1) is 16.5 Å². The van der Waals surface area contributed by atoms with E-state index in [9.17, 15) is 26.0 Å². The zero-order valence-electron chi connectivity index (χ0n) is 21.0. The Kier molecular flexibility index (Phi) is 9.61. The van der Waals surface area contributed by atoms with Gasteiger partial charge in [-0.2, -0.15) is 23.4 Å². The van der Waals surface area contributed by atoms with Gasteiger partial charge < -0.3 is 15.3 Å². The number of sulfonamides is 1. The number of aliphatic carboxylic acids is 1. The number of nitrogens with zero attached hydrogens (tertiary/aromatic N) is 4. The molecule has 1 aliphatic heterocycles. The highest BCUT2D eigenvalue weighted by molar-refractivity contribution is 7.89. The standard InChI is InChI=1S/C23H23FN6O2S.C2HF3O2/c1-16-13-22(28-23(26-16)27-20-4-2-3-17(14-20)15-25)30-11-9-19(10-12-30)29-33(31,32)21-7-5-18(24)6-8-21;3-2(4,5)1(6)7/h2-8,13-14,19,29H,9-12H2,1H3,(H,26,27,28);(H,6,7). The van der Waals surface area contributed by atoms with Crippen LogP contribution < -0.4 is 14.9 Å². The summed E-state index contributed by atoms with van der Waals surface area (Å²) in [7, 11) is -3.71. The predicted octanol–water partition coefficient (Wildman–Crippen LogP) is 4.12. The molecule has 0 radical (unpaired) electrons. The van der Waals surface area contributed by atoms with Gasteiger partial charge in [-0.1, -0.05) is 6.07 Å². The van der Waals surface area contributed by atoms with Gasteiger partial charge in [-0.15, -0.1) is 0 Å². The number of hydrogen-bond donors (Lipinski definition) is 3. The quantitative estimate of drug-likeness (QED) is 0.366. The molecule has 3 N–H and O–H groups in total. The lowest BCUT2D eigenvalue weighted by atomic mass is 10.1. The second-order valence-corrected chi connectivity index (χ2v) is 10.4. The van der Waals surface area contributed by atoms with Crippen LogP contribution in [0.15, 0.2) is 59.5 Å². The smallest absolute Gasteiger partial charge is 0.475 e. The summed E-state index contributed by atoms with van der Waals surface area (Å²) in [6.07, 6.45) is -3.87. The average molecular weight is 581 g/mol. The molecular formula is C25H24F4N6O4S. The number of hydrogen-bond acceptors (Lipinski definition) is 8. The number of alkyl halides is 3. The highest BCUT2D eigenvalue weighted by Gasteiger charge is 2.38. The first-order chi connectivity index (χ1) is 18.8. The van der Waals surface area contributed by atoms with Crippen LogP contribution in [0.4, 0.5) is 35.0 Å². The molecule has 1 aliphatic rings. The van der Waals surface area contributed by atoms with E-state index in [4.69, 9.17) is 15.2 Å². The molecule has 0 unspecified atom stereocenters. The van der Waals surface area contributed by atoms with Crippen molar-refractivity contribution in [3.8, 4) is 6.07 Å². The molecule has 0 bridgehead atoms. The normalized spacial score (nSPS) is 14.1. The third-order valence-electron chi connectivity index (χ3n) is 5.60. The first kappa shape index (κ1) is 30.3. The number of aromatic nitrogens is 2. The van der Waals surface area contributed by atoms with Gasteiger partial charge in [0.15, 0.2) is 0 Å². The number of anilines is 3. The second kappa shape index (κ2) is 12.7. The molecule has 40 heavy (non-hydrogen) atoms. The summed E-state index contributed by atoms with van der Waals surface area (Å²) in [5, 5.41) is 19.3. The molecule has 2 heterocycles. The van der Waals surface area contributed by atoms with Crippen molar-refractivity contribution in [1.82, 2.24) is 14.7 Å². The van der Waals surface area contributed by atoms with Crippen LogP contribution in [0.1, 0.15) is 24.1 Å². The summed E-state index contributed by atoms with van der Waals surface area (Å²) in [5.41, 5.74) is 2.05. The Bertz CT molecular complexity index is 1490. The molecular weight excluding hydrogens is 556 g/mol. The molecule has 0 saturated carbocycles. The van der Waals surface area contributed by atoms with Crippen LogP contribution in [0.25, 0.3) is 0 Å². The maximum atomic E-state index is 13.1. The molecule has 15 heteroatoms. The number of piperidine rings is 1. The lowest BCUT2D eigenvalue weighted by Crippen LogP contribution is -2.44. The largest absolute Gasteiger partial charge is 0.490 e. The number of carbonyl (C=O) groups is 1. The van der Waals surface area contributed by atoms with Crippen molar-refractivity contribution < 1.29 is 35.9 Å². The van der Waals surface area contributed by atoms with E-state index in [1.165, 1.54) is 12.1 Å². The summed E-state index contributed by atoms with van der Waals surface area (Å²) in [6.45, 7) is 3.12. The minimum atomic E-state index is -5.08. The molecule has 10 nitrogen and oxygen atoms in total. The van der Waals surface area contributed by atoms with Gasteiger partial charge in [0.2, 0.25) is 16.0 Å². The van der Waals surface area contributed by atoms with Gasteiger partial charge in [0, 0.05) is 36.6 Å². The Morgan fingerprint density at radius 3 is 2.30 bits per heavy atom. The zero-order chi connectivity index (χ0) is 29.5. The summed E-state index contributed by atoms with van der Waals surface area (Å²) in [5.74, 6) is -2.05. The molecule has 1 aromatic heterocycles. The molecule has 0 aliphatic carbocycles. The van der Waals surface area contributed by atoms with Crippen molar-refractivity contribution in [3.05, 3.63) is 71.7 Å². The van der Waals surface area contributed by atoms with Crippen molar-refractivity contribution in [2.75, 3.05) is 23.3 Å². The minimum Gasteiger partial charge on any atom is -0.475 e. The topological polar surface area (TPSA) is 148 Å². The highest BCUT2D eigenvalue weighted by atomic mass is 32.2. The zero-order valence-corrected chi connectivity index (χ0v) is 21.8. The molecule has 3 aromatic rings. The van der Waals surface area contributed by atoms with Gasteiger partial charge in [-0.3, -0.25) is 0 Å². The van der Waals surface area contributed by atoms with E-state index in [-0.39, 0.29) is 10.9 Å². The Hall–Kier alpha value is -4.29. The summed E-state index contributed by atoms with van der Waals surface area (Å²) in [4.78, 5) is 20.1. The van der Waals surface area contributed by atoms with Crippen LogP contribution in [0.5, 0.6) is 0 Å². The Morgan fingerprint density at radius 1 is 1.10 bits per heavy atom. The first-order valence-corrected chi connectivity index (χ1v) is 13.2. The van der Waals surface area contributed by atoms with E-state index in [0.717, 1.165) is 29.3 Å². The van der Waals surface area contributed by atoms with E-state index in [1.54, 1.807) is 18.2 Å². The molecule has 2 aromatic carbocycles. The number of halogens is 4. The molecule has 4 rings (SSSR count). The third-order valence-corrected chi connectivity index (χ3v) is 7.13. The fourth-order valence-electron chi connectivity index (χ4n) is 3.69. The first-order valence-electron chi connectivity index (χ1n) is 11.7. The number of nitriles is 1. The van der Waals surface area contributed by atoms with E-state index in [1.807, 2.05) is 19.1 Å². The Morgan fingerprint density at radius 2 is 1.73 bits per heavy atom. The van der Waals surface area contributed by atoms with Crippen molar-refractivity contribution in [2.45, 2.75) is 36.9 Å². The number of aryl methyl sites for hydroxylation is 1. The Balaban J connectivity index is 0.000000559. The van der Waals surface area contributed by atoms with Gasteiger partial charge in [-0.25, -0.2) is 27.3 Å².